The fourth-order valence-electron chi connectivity index (χ4n) is 3.08. The molecule has 20 heavy (non-hydrogen) atoms. The topological polar surface area (TPSA) is 56.3 Å². The molecule has 0 amide bonds. The lowest BCUT2D eigenvalue weighted by Crippen LogP contribution is -2.39. The SMILES string of the molecule is c1cn(Cc2noc3c2CN([C@@H]2CCOC2)CC3)cn1. The van der Waals surface area contributed by atoms with Gasteiger partial charge in [-0.15, -0.1) is 0 Å². The summed E-state index contributed by atoms with van der Waals surface area (Å²) in [4.78, 5) is 6.57. The van der Waals surface area contributed by atoms with Crippen LogP contribution in [0.5, 0.6) is 0 Å². The van der Waals surface area contributed by atoms with E-state index in [9.17, 15) is 0 Å². The second-order valence-corrected chi connectivity index (χ2v) is 5.50. The van der Waals surface area contributed by atoms with Crippen molar-refractivity contribution in [1.29, 1.82) is 0 Å². The first-order chi connectivity index (χ1) is 9.90. The Balaban J connectivity index is 1.54. The smallest absolute Gasteiger partial charge is 0.142 e. The highest BCUT2D eigenvalue weighted by molar-refractivity contribution is 5.26. The predicted octanol–water partition coefficient (Wildman–Crippen LogP) is 1.07. The van der Waals surface area contributed by atoms with E-state index in [0.717, 1.165) is 57.1 Å². The molecule has 2 aromatic heterocycles. The molecular weight excluding hydrogens is 256 g/mol. The first-order valence-electron chi connectivity index (χ1n) is 7.14. The van der Waals surface area contributed by atoms with Crippen molar-refractivity contribution >= 4 is 0 Å². The highest BCUT2D eigenvalue weighted by Gasteiger charge is 2.30. The monoisotopic (exact) mass is 274 g/mol. The van der Waals surface area contributed by atoms with Crippen LogP contribution in [-0.2, 0) is 24.2 Å². The van der Waals surface area contributed by atoms with Crippen molar-refractivity contribution in [2.75, 3.05) is 19.8 Å². The minimum Gasteiger partial charge on any atom is -0.380 e. The van der Waals surface area contributed by atoms with Gasteiger partial charge in [-0.3, -0.25) is 4.90 Å². The average Bonchev–Trinajstić information content (AvgIpc) is 3.20. The van der Waals surface area contributed by atoms with Crippen molar-refractivity contribution in [3.05, 3.63) is 35.7 Å². The third kappa shape index (κ3) is 2.14. The Labute approximate surface area is 117 Å². The fourth-order valence-corrected chi connectivity index (χ4v) is 3.08. The zero-order valence-electron chi connectivity index (χ0n) is 11.4. The van der Waals surface area contributed by atoms with E-state index in [1.54, 1.807) is 6.20 Å². The van der Waals surface area contributed by atoms with Crippen LogP contribution in [0, 0.1) is 0 Å². The van der Waals surface area contributed by atoms with Crippen LogP contribution >= 0.6 is 0 Å². The zero-order chi connectivity index (χ0) is 13.4. The summed E-state index contributed by atoms with van der Waals surface area (Å²) < 4.78 is 13.0. The van der Waals surface area contributed by atoms with Gasteiger partial charge in [0.15, 0.2) is 0 Å². The van der Waals surface area contributed by atoms with Crippen LogP contribution in [0.25, 0.3) is 0 Å². The summed E-state index contributed by atoms with van der Waals surface area (Å²) in [6.45, 7) is 4.45. The van der Waals surface area contributed by atoms with Crippen LogP contribution in [0.3, 0.4) is 0 Å². The number of hydrogen-bond acceptors (Lipinski definition) is 5. The number of rotatable bonds is 3. The zero-order valence-corrected chi connectivity index (χ0v) is 11.4. The lowest BCUT2D eigenvalue weighted by molar-refractivity contribution is 0.131. The standard InChI is InChI=1S/C14H18N4O2/c1-4-18(11-2-6-19-9-11)7-12-13(16-20-14(1)12)8-17-5-3-15-10-17/h3,5,10-11H,1-2,4,6-9H2/t11-/m1/s1. The van der Waals surface area contributed by atoms with Crippen LogP contribution in [0.15, 0.2) is 23.2 Å². The Hall–Kier alpha value is -1.66. The number of nitrogens with zero attached hydrogens (tertiary/aromatic N) is 4. The van der Waals surface area contributed by atoms with Crippen molar-refractivity contribution in [3.63, 3.8) is 0 Å². The van der Waals surface area contributed by atoms with E-state index < -0.39 is 0 Å². The molecule has 2 aromatic rings. The van der Waals surface area contributed by atoms with Gasteiger partial charge in [0.2, 0.25) is 0 Å². The number of hydrogen-bond donors (Lipinski definition) is 0. The Morgan fingerprint density at radius 3 is 3.20 bits per heavy atom. The highest BCUT2D eigenvalue weighted by atomic mass is 16.5. The van der Waals surface area contributed by atoms with Crippen molar-refractivity contribution in [2.24, 2.45) is 0 Å². The van der Waals surface area contributed by atoms with Gasteiger partial charge < -0.3 is 13.8 Å². The maximum Gasteiger partial charge on any atom is 0.142 e. The van der Waals surface area contributed by atoms with E-state index in [2.05, 4.69) is 15.0 Å². The second kappa shape index (κ2) is 5.03. The molecule has 4 rings (SSSR count). The van der Waals surface area contributed by atoms with Gasteiger partial charge in [0.05, 0.1) is 19.5 Å². The first-order valence-corrected chi connectivity index (χ1v) is 7.14. The molecule has 2 aliphatic heterocycles. The predicted molar refractivity (Wildman–Crippen MR) is 71.2 cm³/mol. The van der Waals surface area contributed by atoms with Gasteiger partial charge in [-0.2, -0.15) is 0 Å². The highest BCUT2D eigenvalue weighted by Crippen LogP contribution is 2.26. The van der Waals surface area contributed by atoms with E-state index in [0.29, 0.717) is 6.04 Å². The summed E-state index contributed by atoms with van der Waals surface area (Å²) in [5.41, 5.74) is 2.29. The summed E-state index contributed by atoms with van der Waals surface area (Å²) in [6, 6.07) is 0.555. The molecule has 1 atom stereocenters. The molecule has 0 aliphatic carbocycles. The van der Waals surface area contributed by atoms with Crippen molar-refractivity contribution in [3.8, 4) is 0 Å². The minimum absolute atomic E-state index is 0.555. The number of ether oxygens (including phenoxy) is 1. The summed E-state index contributed by atoms with van der Waals surface area (Å²) in [5, 5.41) is 4.25. The van der Waals surface area contributed by atoms with Crippen LogP contribution in [-0.4, -0.2) is 45.4 Å². The van der Waals surface area contributed by atoms with Crippen LogP contribution in [0.4, 0.5) is 0 Å². The van der Waals surface area contributed by atoms with Gasteiger partial charge >= 0.3 is 0 Å². The molecule has 2 aliphatic rings. The quantitative estimate of drug-likeness (QED) is 0.838. The lowest BCUT2D eigenvalue weighted by Gasteiger charge is -2.30. The molecule has 0 N–H and O–H groups in total. The largest absolute Gasteiger partial charge is 0.380 e. The van der Waals surface area contributed by atoms with Gasteiger partial charge in [0.25, 0.3) is 0 Å². The third-order valence-corrected chi connectivity index (χ3v) is 4.25. The normalized spacial score (nSPS) is 23.1. The van der Waals surface area contributed by atoms with Gasteiger partial charge in [-0.1, -0.05) is 5.16 Å². The minimum atomic E-state index is 0.555. The second-order valence-electron chi connectivity index (χ2n) is 5.50. The average molecular weight is 274 g/mol. The molecule has 1 fully saturated rings. The Kier molecular flexibility index (Phi) is 3.05. The summed E-state index contributed by atoms with van der Waals surface area (Å²) in [5.74, 6) is 1.05. The van der Waals surface area contributed by atoms with E-state index in [4.69, 9.17) is 9.26 Å². The lowest BCUT2D eigenvalue weighted by atomic mass is 10.0. The molecular formula is C14H18N4O2. The molecule has 4 heterocycles. The molecule has 0 bridgehead atoms. The molecule has 0 aromatic carbocycles. The summed E-state index contributed by atoms with van der Waals surface area (Å²) in [6.07, 6.45) is 7.63. The molecule has 0 spiro atoms. The van der Waals surface area contributed by atoms with Crippen molar-refractivity contribution < 1.29 is 9.26 Å². The van der Waals surface area contributed by atoms with Gasteiger partial charge in [0.1, 0.15) is 11.5 Å². The molecule has 6 nitrogen and oxygen atoms in total. The first kappa shape index (κ1) is 12.1. The maximum absolute atomic E-state index is 5.51. The molecule has 6 heteroatoms. The Bertz CT molecular complexity index is 572. The van der Waals surface area contributed by atoms with E-state index >= 15 is 0 Å². The van der Waals surface area contributed by atoms with Crippen molar-refractivity contribution in [1.82, 2.24) is 19.6 Å². The molecule has 0 radical (unpaired) electrons. The van der Waals surface area contributed by atoms with Gasteiger partial charge in [-0.05, 0) is 6.42 Å². The number of imidazole rings is 1. The Morgan fingerprint density at radius 1 is 1.40 bits per heavy atom. The molecule has 106 valence electrons. The fraction of sp³-hybridized carbons (Fsp3) is 0.571. The number of aromatic nitrogens is 3. The summed E-state index contributed by atoms with van der Waals surface area (Å²) in [7, 11) is 0. The summed E-state index contributed by atoms with van der Waals surface area (Å²) >= 11 is 0. The molecule has 0 unspecified atom stereocenters. The maximum atomic E-state index is 5.51. The van der Waals surface area contributed by atoms with Crippen LogP contribution in [0.1, 0.15) is 23.4 Å². The molecule has 0 saturated carbocycles. The van der Waals surface area contributed by atoms with E-state index in [1.165, 1.54) is 5.56 Å². The van der Waals surface area contributed by atoms with Gasteiger partial charge in [-0.25, -0.2) is 4.98 Å². The van der Waals surface area contributed by atoms with E-state index in [-0.39, 0.29) is 0 Å². The van der Waals surface area contributed by atoms with Crippen LogP contribution in [0.2, 0.25) is 0 Å². The Morgan fingerprint density at radius 2 is 2.40 bits per heavy atom. The third-order valence-electron chi connectivity index (χ3n) is 4.25. The van der Waals surface area contributed by atoms with Gasteiger partial charge in [0, 0.05) is 50.1 Å². The van der Waals surface area contributed by atoms with E-state index in [1.807, 2.05) is 17.1 Å². The molecule has 1 saturated heterocycles. The van der Waals surface area contributed by atoms with Crippen molar-refractivity contribution in [2.45, 2.75) is 32.0 Å². The van der Waals surface area contributed by atoms with Crippen LogP contribution < -0.4 is 0 Å². The number of fused-ring (bicyclic) bond motifs is 1.